The summed E-state index contributed by atoms with van der Waals surface area (Å²) in [6, 6.07) is 0. The van der Waals surface area contributed by atoms with Crippen LogP contribution in [0.4, 0.5) is 0 Å². The van der Waals surface area contributed by atoms with Gasteiger partial charge in [-0.25, -0.2) is 0 Å². The van der Waals surface area contributed by atoms with Crippen molar-refractivity contribution >= 4 is 11.8 Å². The number of thioether (sulfide) groups is 1. The maximum atomic E-state index is 2.50. The van der Waals surface area contributed by atoms with Gasteiger partial charge in [0.15, 0.2) is 0 Å². The molecule has 0 radical (unpaired) electrons. The quantitative estimate of drug-likeness (QED) is 0.505. The molecule has 0 nitrogen and oxygen atoms in total. The van der Waals surface area contributed by atoms with Crippen LogP contribution in [0.15, 0.2) is 0 Å². The van der Waals surface area contributed by atoms with Crippen LogP contribution in [-0.2, 0) is 0 Å². The van der Waals surface area contributed by atoms with Gasteiger partial charge in [0, 0.05) is 10.5 Å². The lowest BCUT2D eigenvalue weighted by atomic mass is 9.81. The summed E-state index contributed by atoms with van der Waals surface area (Å²) >= 11 is 2.43. The molecule has 0 bridgehead atoms. The van der Waals surface area contributed by atoms with Crippen molar-refractivity contribution < 1.29 is 0 Å². The number of fused-ring (bicyclic) bond motifs is 2. The van der Waals surface area contributed by atoms with E-state index in [-0.39, 0.29) is 0 Å². The Labute approximate surface area is 130 Å². The van der Waals surface area contributed by atoms with E-state index in [2.05, 4.69) is 39.5 Å². The van der Waals surface area contributed by atoms with Gasteiger partial charge < -0.3 is 0 Å². The minimum atomic E-state index is 0.613. The molecule has 1 heteroatoms. The molecule has 1 aliphatic heterocycles. The molecule has 116 valence electrons. The van der Waals surface area contributed by atoms with Crippen LogP contribution in [0, 0.1) is 22.7 Å². The minimum absolute atomic E-state index is 0.613. The topological polar surface area (TPSA) is 0 Å². The van der Waals surface area contributed by atoms with Crippen LogP contribution in [-0.4, -0.2) is 10.5 Å². The highest BCUT2D eigenvalue weighted by atomic mass is 32.2. The van der Waals surface area contributed by atoms with Gasteiger partial charge in [-0.15, -0.1) is 0 Å². The predicted molar refractivity (Wildman–Crippen MR) is 91.3 cm³/mol. The molecule has 0 aromatic carbocycles. The molecule has 3 aliphatic rings. The lowest BCUT2D eigenvalue weighted by Crippen LogP contribution is -2.33. The SMILES string of the molecule is CC1(C)CCC2CC3CCC(C)(C)CCC3SC2CC1. The van der Waals surface area contributed by atoms with Gasteiger partial charge in [-0.3, -0.25) is 0 Å². The van der Waals surface area contributed by atoms with E-state index in [1.54, 1.807) is 6.42 Å². The van der Waals surface area contributed by atoms with E-state index in [1.165, 1.54) is 51.4 Å². The first-order valence-electron chi connectivity index (χ1n) is 9.00. The first kappa shape index (κ1) is 15.3. The highest BCUT2D eigenvalue weighted by Gasteiger charge is 2.42. The summed E-state index contributed by atoms with van der Waals surface area (Å²) in [6.45, 7) is 9.98. The summed E-state index contributed by atoms with van der Waals surface area (Å²) in [5.41, 5.74) is 1.23. The molecule has 0 N–H and O–H groups in total. The van der Waals surface area contributed by atoms with Gasteiger partial charge in [-0.1, -0.05) is 27.7 Å². The fourth-order valence-corrected chi connectivity index (χ4v) is 6.72. The first-order valence-corrected chi connectivity index (χ1v) is 9.94. The van der Waals surface area contributed by atoms with Gasteiger partial charge in [-0.05, 0) is 80.5 Å². The van der Waals surface area contributed by atoms with Crippen molar-refractivity contribution in [3.63, 3.8) is 0 Å². The normalized spacial score (nSPS) is 43.8. The van der Waals surface area contributed by atoms with Gasteiger partial charge >= 0.3 is 0 Å². The Morgan fingerprint density at radius 1 is 0.650 bits per heavy atom. The highest BCUT2D eigenvalue weighted by molar-refractivity contribution is 8.00. The zero-order chi connectivity index (χ0) is 14.4. The molecule has 0 amide bonds. The Kier molecular flexibility index (Phi) is 4.21. The lowest BCUT2D eigenvalue weighted by molar-refractivity contribution is 0.273. The molecule has 2 aliphatic carbocycles. The Hall–Kier alpha value is 0.350. The standard InChI is InChI=1S/C19H34S/c1-18(2)9-5-14-13-15-6-10-19(3,4)12-8-17(15)20-16(14)7-11-18/h14-17H,5-13H2,1-4H3. The first-order chi connectivity index (χ1) is 9.35. The van der Waals surface area contributed by atoms with E-state index >= 15 is 0 Å². The minimum Gasteiger partial charge on any atom is -0.155 e. The second-order valence-electron chi connectivity index (χ2n) is 9.45. The average molecular weight is 295 g/mol. The molecule has 1 saturated heterocycles. The summed E-state index contributed by atoms with van der Waals surface area (Å²) in [4.78, 5) is 0. The van der Waals surface area contributed by atoms with E-state index in [0.29, 0.717) is 10.8 Å². The van der Waals surface area contributed by atoms with Crippen molar-refractivity contribution in [3.05, 3.63) is 0 Å². The smallest absolute Gasteiger partial charge is 0.00785 e. The van der Waals surface area contributed by atoms with Crippen molar-refractivity contribution in [1.29, 1.82) is 0 Å². The van der Waals surface area contributed by atoms with Crippen LogP contribution < -0.4 is 0 Å². The van der Waals surface area contributed by atoms with Crippen LogP contribution in [0.3, 0.4) is 0 Å². The number of hydrogen-bond acceptors (Lipinski definition) is 1. The largest absolute Gasteiger partial charge is 0.155 e. The van der Waals surface area contributed by atoms with Crippen LogP contribution in [0.5, 0.6) is 0 Å². The summed E-state index contributed by atoms with van der Waals surface area (Å²) in [5, 5.41) is 2.00. The van der Waals surface area contributed by atoms with Gasteiger partial charge in [0.05, 0.1) is 0 Å². The maximum Gasteiger partial charge on any atom is 0.00785 e. The van der Waals surface area contributed by atoms with Gasteiger partial charge in [-0.2, -0.15) is 11.8 Å². The molecule has 3 rings (SSSR count). The highest BCUT2D eigenvalue weighted by Crippen LogP contribution is 2.53. The zero-order valence-electron chi connectivity index (χ0n) is 14.1. The summed E-state index contributed by atoms with van der Waals surface area (Å²) < 4.78 is 0. The average Bonchev–Trinajstić information content (AvgIpc) is 2.62. The molecule has 0 aromatic heterocycles. The molecular formula is C19H34S. The van der Waals surface area contributed by atoms with Crippen LogP contribution in [0.25, 0.3) is 0 Å². The van der Waals surface area contributed by atoms with E-state index in [1.807, 2.05) is 0 Å². The molecule has 20 heavy (non-hydrogen) atoms. The lowest BCUT2D eigenvalue weighted by Gasteiger charge is -2.40. The second kappa shape index (κ2) is 5.52. The van der Waals surface area contributed by atoms with Crippen LogP contribution >= 0.6 is 11.8 Å². The Morgan fingerprint density at radius 2 is 1.05 bits per heavy atom. The maximum absolute atomic E-state index is 2.50. The van der Waals surface area contributed by atoms with E-state index in [4.69, 9.17) is 0 Å². The summed E-state index contributed by atoms with van der Waals surface area (Å²) in [5.74, 6) is 2.09. The molecule has 3 fully saturated rings. The van der Waals surface area contributed by atoms with Crippen molar-refractivity contribution in [2.75, 3.05) is 0 Å². The van der Waals surface area contributed by atoms with Crippen molar-refractivity contribution in [1.82, 2.24) is 0 Å². The van der Waals surface area contributed by atoms with E-state index in [9.17, 15) is 0 Å². The van der Waals surface area contributed by atoms with Crippen molar-refractivity contribution in [2.45, 2.75) is 96.0 Å². The molecule has 1 heterocycles. The van der Waals surface area contributed by atoms with Crippen molar-refractivity contribution in [2.24, 2.45) is 22.7 Å². The molecule has 4 unspecified atom stereocenters. The molecular weight excluding hydrogens is 260 g/mol. The predicted octanol–water partition coefficient (Wildman–Crippen LogP) is 6.29. The van der Waals surface area contributed by atoms with Gasteiger partial charge in [0.25, 0.3) is 0 Å². The van der Waals surface area contributed by atoms with E-state index in [0.717, 1.165) is 22.3 Å². The fourth-order valence-electron chi connectivity index (χ4n) is 4.82. The van der Waals surface area contributed by atoms with Crippen molar-refractivity contribution in [3.8, 4) is 0 Å². The number of rotatable bonds is 0. The molecule has 2 saturated carbocycles. The Morgan fingerprint density at radius 3 is 1.50 bits per heavy atom. The molecule has 4 atom stereocenters. The molecule has 0 aromatic rings. The van der Waals surface area contributed by atoms with Crippen LogP contribution in [0.2, 0.25) is 0 Å². The fraction of sp³-hybridized carbons (Fsp3) is 1.00. The Balaban J connectivity index is 1.68. The third-order valence-corrected chi connectivity index (χ3v) is 8.54. The van der Waals surface area contributed by atoms with Gasteiger partial charge in [0.1, 0.15) is 0 Å². The number of hydrogen-bond donors (Lipinski definition) is 0. The second-order valence-corrected chi connectivity index (χ2v) is 10.9. The molecule has 0 spiro atoms. The Bertz CT molecular complexity index is 282. The summed E-state index contributed by atoms with van der Waals surface area (Å²) in [7, 11) is 0. The van der Waals surface area contributed by atoms with Crippen LogP contribution in [0.1, 0.15) is 85.5 Å². The monoisotopic (exact) mass is 294 g/mol. The zero-order valence-corrected chi connectivity index (χ0v) is 14.9. The van der Waals surface area contributed by atoms with E-state index < -0.39 is 0 Å². The third-order valence-electron chi connectivity index (χ3n) is 6.60. The third kappa shape index (κ3) is 3.39. The summed E-state index contributed by atoms with van der Waals surface area (Å²) in [6.07, 6.45) is 13.4. The van der Waals surface area contributed by atoms with Gasteiger partial charge in [0.2, 0.25) is 0 Å².